The third-order valence-corrected chi connectivity index (χ3v) is 5.19. The van der Waals surface area contributed by atoms with Crippen LogP contribution in [0.2, 0.25) is 0 Å². The molecule has 2 aliphatic rings. The van der Waals surface area contributed by atoms with E-state index in [1.807, 2.05) is 24.9 Å². The maximum Gasteiger partial charge on any atom is 0.317 e. The van der Waals surface area contributed by atoms with Crippen LogP contribution in [0, 0.1) is 5.92 Å². The quantitative estimate of drug-likeness (QED) is 0.892. The molecule has 0 aliphatic carbocycles. The molecule has 1 fully saturated rings. The van der Waals surface area contributed by atoms with Crippen molar-refractivity contribution in [3.63, 3.8) is 0 Å². The highest BCUT2D eigenvalue weighted by Gasteiger charge is 2.33. The number of urea groups is 1. The van der Waals surface area contributed by atoms with E-state index in [2.05, 4.69) is 40.6 Å². The van der Waals surface area contributed by atoms with Crippen molar-refractivity contribution >= 4 is 17.5 Å². The van der Waals surface area contributed by atoms with Crippen molar-refractivity contribution in [2.24, 2.45) is 5.92 Å². The number of nitrogens with one attached hydrogen (secondary N) is 2. The van der Waals surface area contributed by atoms with E-state index in [0.717, 1.165) is 38.3 Å². The molecule has 0 saturated carbocycles. The summed E-state index contributed by atoms with van der Waals surface area (Å²) in [6, 6.07) is 2.65. The highest BCUT2D eigenvalue weighted by molar-refractivity contribution is 5.75. The second kappa shape index (κ2) is 6.87. The molecule has 0 spiro atoms. The Labute approximate surface area is 144 Å². The summed E-state index contributed by atoms with van der Waals surface area (Å²) in [6.45, 7) is 8.85. The highest BCUT2D eigenvalue weighted by Crippen LogP contribution is 2.33. The summed E-state index contributed by atoms with van der Waals surface area (Å²) in [6.07, 6.45) is 3.92. The first-order chi connectivity index (χ1) is 11.5. The second-order valence-corrected chi connectivity index (χ2v) is 7.33. The molecule has 6 nitrogen and oxygen atoms in total. The Bertz CT molecular complexity index is 603. The molecule has 2 amide bonds. The number of hydrogen-bond donors (Lipinski definition) is 2. The van der Waals surface area contributed by atoms with Gasteiger partial charge in [0, 0.05) is 56.2 Å². The Kier molecular flexibility index (Phi) is 4.83. The van der Waals surface area contributed by atoms with Crippen molar-refractivity contribution in [3.8, 4) is 0 Å². The molecule has 0 aromatic carbocycles. The maximum atomic E-state index is 12.4. The van der Waals surface area contributed by atoms with Gasteiger partial charge in [-0.3, -0.25) is 0 Å². The molecule has 2 aliphatic heterocycles. The highest BCUT2D eigenvalue weighted by atomic mass is 16.2. The number of anilines is 2. The van der Waals surface area contributed by atoms with Crippen molar-refractivity contribution in [2.75, 3.05) is 36.9 Å². The van der Waals surface area contributed by atoms with Crippen LogP contribution in [-0.2, 0) is 6.42 Å². The lowest BCUT2D eigenvalue weighted by Gasteiger charge is -2.43. The molecule has 1 unspecified atom stereocenters. The molecular weight excluding hydrogens is 302 g/mol. The molecule has 0 bridgehead atoms. The standard InChI is InChI=1S/C18H29N5O/c1-12(2)21-18(24)23-10-7-13(3)16(11-23)22(4)15-6-9-20-17-14(15)5-8-19-17/h6,9,12-13,16H,5,7-8,10-11H2,1-4H3,(H,19,20)(H,21,24)/t13-,16?/m1/s1. The second-order valence-electron chi connectivity index (χ2n) is 7.33. The van der Waals surface area contributed by atoms with E-state index in [1.165, 1.54) is 11.3 Å². The van der Waals surface area contributed by atoms with E-state index in [1.54, 1.807) is 0 Å². The minimum atomic E-state index is 0.0527. The minimum Gasteiger partial charge on any atom is -0.369 e. The molecule has 0 radical (unpaired) electrons. The van der Waals surface area contributed by atoms with Crippen molar-refractivity contribution in [2.45, 2.75) is 45.7 Å². The molecule has 2 atom stereocenters. The van der Waals surface area contributed by atoms with E-state index < -0.39 is 0 Å². The van der Waals surface area contributed by atoms with Gasteiger partial charge in [-0.1, -0.05) is 6.92 Å². The summed E-state index contributed by atoms with van der Waals surface area (Å²) in [5.41, 5.74) is 2.55. The lowest BCUT2D eigenvalue weighted by molar-refractivity contribution is 0.159. The summed E-state index contributed by atoms with van der Waals surface area (Å²) in [7, 11) is 2.15. The summed E-state index contributed by atoms with van der Waals surface area (Å²) in [4.78, 5) is 21.1. The van der Waals surface area contributed by atoms with Gasteiger partial charge in [-0.15, -0.1) is 0 Å². The minimum absolute atomic E-state index is 0.0527. The van der Waals surface area contributed by atoms with Crippen molar-refractivity contribution in [3.05, 3.63) is 17.8 Å². The maximum absolute atomic E-state index is 12.4. The van der Waals surface area contributed by atoms with Crippen LogP contribution in [0.15, 0.2) is 12.3 Å². The number of aromatic nitrogens is 1. The number of carbonyl (C=O) groups is 1. The third kappa shape index (κ3) is 3.28. The first-order valence-corrected chi connectivity index (χ1v) is 8.97. The van der Waals surface area contributed by atoms with E-state index in [4.69, 9.17) is 0 Å². The van der Waals surface area contributed by atoms with Crippen LogP contribution in [-0.4, -0.2) is 54.7 Å². The van der Waals surface area contributed by atoms with E-state index in [-0.39, 0.29) is 12.1 Å². The normalized spacial score (nSPS) is 23.0. The molecule has 1 aromatic rings. The van der Waals surface area contributed by atoms with E-state index >= 15 is 0 Å². The van der Waals surface area contributed by atoms with Gasteiger partial charge in [0.15, 0.2) is 0 Å². The van der Waals surface area contributed by atoms with Gasteiger partial charge >= 0.3 is 6.03 Å². The average molecular weight is 331 g/mol. The fourth-order valence-electron chi connectivity index (χ4n) is 3.77. The largest absolute Gasteiger partial charge is 0.369 e. The number of fused-ring (bicyclic) bond motifs is 1. The topological polar surface area (TPSA) is 60.5 Å². The number of piperidine rings is 1. The van der Waals surface area contributed by atoms with Gasteiger partial charge in [-0.05, 0) is 38.7 Å². The Morgan fingerprint density at radius 1 is 1.50 bits per heavy atom. The number of pyridine rings is 1. The summed E-state index contributed by atoms with van der Waals surface area (Å²) in [5, 5.41) is 6.36. The fraction of sp³-hybridized carbons (Fsp3) is 0.667. The van der Waals surface area contributed by atoms with Crippen LogP contribution in [0.1, 0.15) is 32.8 Å². The first-order valence-electron chi connectivity index (χ1n) is 8.97. The zero-order valence-electron chi connectivity index (χ0n) is 15.2. The van der Waals surface area contributed by atoms with Gasteiger partial charge < -0.3 is 20.4 Å². The summed E-state index contributed by atoms with van der Waals surface area (Å²) < 4.78 is 0. The molecule has 24 heavy (non-hydrogen) atoms. The van der Waals surface area contributed by atoms with Crippen molar-refractivity contribution in [1.29, 1.82) is 0 Å². The number of amides is 2. The molecule has 1 aromatic heterocycles. The van der Waals surface area contributed by atoms with Crippen LogP contribution < -0.4 is 15.5 Å². The van der Waals surface area contributed by atoms with Gasteiger partial charge in [0.1, 0.15) is 5.82 Å². The fourth-order valence-corrected chi connectivity index (χ4v) is 3.77. The summed E-state index contributed by atoms with van der Waals surface area (Å²) in [5.74, 6) is 1.56. The van der Waals surface area contributed by atoms with E-state index in [9.17, 15) is 4.79 Å². The van der Waals surface area contributed by atoms with Gasteiger partial charge in [-0.2, -0.15) is 0 Å². The van der Waals surface area contributed by atoms with Gasteiger partial charge in [0.2, 0.25) is 0 Å². The van der Waals surface area contributed by atoms with Crippen LogP contribution in [0.4, 0.5) is 16.3 Å². The molecular formula is C18H29N5O. The van der Waals surface area contributed by atoms with Gasteiger partial charge in [0.25, 0.3) is 0 Å². The summed E-state index contributed by atoms with van der Waals surface area (Å²) >= 11 is 0. The van der Waals surface area contributed by atoms with Crippen molar-refractivity contribution < 1.29 is 4.79 Å². The first kappa shape index (κ1) is 16.9. The molecule has 6 heteroatoms. The zero-order valence-corrected chi connectivity index (χ0v) is 15.2. The molecule has 132 valence electrons. The Morgan fingerprint density at radius 2 is 2.29 bits per heavy atom. The number of carbonyl (C=O) groups excluding carboxylic acids is 1. The number of likely N-dealkylation sites (tertiary alicyclic amines) is 1. The number of likely N-dealkylation sites (N-methyl/N-ethyl adjacent to an activating group) is 1. The van der Waals surface area contributed by atoms with Crippen LogP contribution >= 0.6 is 0 Å². The molecule has 1 saturated heterocycles. The van der Waals surface area contributed by atoms with E-state index in [0.29, 0.717) is 12.0 Å². The lowest BCUT2D eigenvalue weighted by atomic mass is 9.91. The van der Waals surface area contributed by atoms with Crippen LogP contribution in [0.3, 0.4) is 0 Å². The molecule has 3 rings (SSSR count). The number of nitrogens with zero attached hydrogens (tertiary/aromatic N) is 3. The Hall–Kier alpha value is -1.98. The Morgan fingerprint density at radius 3 is 3.04 bits per heavy atom. The number of hydrogen-bond acceptors (Lipinski definition) is 4. The SMILES string of the molecule is CC(C)NC(=O)N1CC[C@@H](C)C(N(C)c2ccnc3c2CCN3)C1. The lowest BCUT2D eigenvalue weighted by Crippen LogP contribution is -2.55. The Balaban J connectivity index is 1.77. The van der Waals surface area contributed by atoms with Crippen molar-refractivity contribution in [1.82, 2.24) is 15.2 Å². The number of rotatable bonds is 3. The van der Waals surface area contributed by atoms with Gasteiger partial charge in [-0.25, -0.2) is 9.78 Å². The predicted molar refractivity (Wildman–Crippen MR) is 97.6 cm³/mol. The smallest absolute Gasteiger partial charge is 0.317 e. The third-order valence-electron chi connectivity index (χ3n) is 5.19. The molecule has 2 N–H and O–H groups in total. The van der Waals surface area contributed by atoms with Crippen LogP contribution in [0.5, 0.6) is 0 Å². The molecule has 3 heterocycles. The van der Waals surface area contributed by atoms with Crippen LogP contribution in [0.25, 0.3) is 0 Å². The predicted octanol–water partition coefficient (Wildman–Crippen LogP) is 2.31. The van der Waals surface area contributed by atoms with Gasteiger partial charge in [0.05, 0.1) is 0 Å². The average Bonchev–Trinajstić information content (AvgIpc) is 3.02. The zero-order chi connectivity index (χ0) is 17.3. The monoisotopic (exact) mass is 331 g/mol.